The maximum Gasteiger partial charge on any atom is 0.307 e. The zero-order valence-electron chi connectivity index (χ0n) is 14.5. The highest BCUT2D eigenvalue weighted by atomic mass is 32.2. The third-order valence-electron chi connectivity index (χ3n) is 3.89. The molecule has 0 aliphatic carbocycles. The van der Waals surface area contributed by atoms with E-state index >= 15 is 0 Å². The van der Waals surface area contributed by atoms with Crippen LogP contribution < -0.4 is 0 Å². The number of nitrogens with zero attached hydrogens (tertiary/aromatic N) is 1. The summed E-state index contributed by atoms with van der Waals surface area (Å²) in [6, 6.07) is 18.6. The fourth-order valence-corrected chi connectivity index (χ4v) is 3.66. The van der Waals surface area contributed by atoms with Gasteiger partial charge in [-0.3, -0.25) is 4.79 Å². The molecule has 0 bridgehead atoms. The predicted octanol–water partition coefficient (Wildman–Crippen LogP) is 2.97. The molecule has 2 aromatic carbocycles. The molecule has 0 N–H and O–H groups in total. The average Bonchev–Trinajstić information content (AvgIpc) is 2.61. The molecule has 0 aliphatic rings. The van der Waals surface area contributed by atoms with Crippen molar-refractivity contribution in [2.24, 2.45) is 0 Å². The van der Waals surface area contributed by atoms with Crippen LogP contribution in [0, 0.1) is 0 Å². The average molecular weight is 361 g/mol. The largest absolute Gasteiger partial charge is 0.461 e. The summed E-state index contributed by atoms with van der Waals surface area (Å²) in [6.45, 7) is 1.94. The third kappa shape index (κ3) is 5.69. The Kier molecular flexibility index (Phi) is 6.73. The number of ether oxygens (including phenoxy) is 1. The van der Waals surface area contributed by atoms with E-state index in [-0.39, 0.29) is 19.6 Å². The van der Waals surface area contributed by atoms with Crippen LogP contribution in [0.15, 0.2) is 60.7 Å². The van der Waals surface area contributed by atoms with E-state index in [9.17, 15) is 13.2 Å². The molecule has 134 valence electrons. The van der Waals surface area contributed by atoms with Gasteiger partial charge in [-0.1, -0.05) is 60.7 Å². The minimum atomic E-state index is -3.58. The molecule has 0 saturated carbocycles. The summed E-state index contributed by atoms with van der Waals surface area (Å²) in [6.07, 6.45) is -0.172. The van der Waals surface area contributed by atoms with Gasteiger partial charge in [0.2, 0.25) is 10.0 Å². The summed E-state index contributed by atoms with van der Waals surface area (Å²) in [4.78, 5) is 11.9. The first-order valence-corrected chi connectivity index (χ1v) is 9.58. The van der Waals surface area contributed by atoms with E-state index in [1.165, 1.54) is 18.3 Å². The second-order valence-electron chi connectivity index (χ2n) is 5.95. The molecule has 25 heavy (non-hydrogen) atoms. The van der Waals surface area contributed by atoms with Crippen molar-refractivity contribution < 1.29 is 17.9 Å². The summed E-state index contributed by atoms with van der Waals surface area (Å²) < 4.78 is 31.6. The predicted molar refractivity (Wildman–Crippen MR) is 97.1 cm³/mol. The lowest BCUT2D eigenvalue weighted by atomic mass is 10.2. The van der Waals surface area contributed by atoms with Gasteiger partial charge in [-0.15, -0.1) is 0 Å². The molecule has 0 fully saturated rings. The molecule has 0 spiro atoms. The Morgan fingerprint density at radius 1 is 1.00 bits per heavy atom. The van der Waals surface area contributed by atoms with E-state index in [4.69, 9.17) is 4.74 Å². The standard InChI is InChI=1S/C19H23NO4S/c1-16(13-19(21)24-15-18-11-7-4-8-12-18)25(22,23)20(2)14-17-9-5-3-6-10-17/h3-12,16H,13-15H2,1-2H3. The van der Waals surface area contributed by atoms with E-state index in [0.29, 0.717) is 0 Å². The van der Waals surface area contributed by atoms with Crippen molar-refractivity contribution in [1.29, 1.82) is 0 Å². The number of benzene rings is 2. The summed E-state index contributed by atoms with van der Waals surface area (Å²) >= 11 is 0. The fourth-order valence-electron chi connectivity index (χ4n) is 2.37. The van der Waals surface area contributed by atoms with Gasteiger partial charge in [0.25, 0.3) is 0 Å². The van der Waals surface area contributed by atoms with Crippen molar-refractivity contribution >= 4 is 16.0 Å². The van der Waals surface area contributed by atoms with Gasteiger partial charge in [-0.2, -0.15) is 0 Å². The first-order chi connectivity index (χ1) is 11.9. The zero-order chi connectivity index (χ0) is 18.3. The van der Waals surface area contributed by atoms with E-state index in [2.05, 4.69) is 0 Å². The van der Waals surface area contributed by atoms with E-state index < -0.39 is 21.2 Å². The lowest BCUT2D eigenvalue weighted by molar-refractivity contribution is -0.144. The fraction of sp³-hybridized carbons (Fsp3) is 0.316. The maximum absolute atomic E-state index is 12.6. The van der Waals surface area contributed by atoms with Crippen molar-refractivity contribution in [3.63, 3.8) is 0 Å². The topological polar surface area (TPSA) is 63.7 Å². The number of hydrogen-bond donors (Lipinski definition) is 0. The van der Waals surface area contributed by atoms with Crippen LogP contribution in [0.4, 0.5) is 0 Å². The molecule has 6 heteroatoms. The lowest BCUT2D eigenvalue weighted by Crippen LogP contribution is -2.35. The second-order valence-corrected chi connectivity index (χ2v) is 8.41. The number of carbonyl (C=O) groups excluding carboxylic acids is 1. The molecule has 2 aromatic rings. The van der Waals surface area contributed by atoms with Crippen molar-refractivity contribution in [3.05, 3.63) is 71.8 Å². The van der Waals surface area contributed by atoms with Gasteiger partial charge in [-0.25, -0.2) is 12.7 Å². The monoisotopic (exact) mass is 361 g/mol. The van der Waals surface area contributed by atoms with E-state index in [1.807, 2.05) is 60.7 Å². The summed E-state index contributed by atoms with van der Waals surface area (Å²) in [5.41, 5.74) is 1.76. The van der Waals surface area contributed by atoms with Gasteiger partial charge in [0.1, 0.15) is 6.61 Å². The van der Waals surface area contributed by atoms with Crippen molar-refractivity contribution in [2.45, 2.75) is 31.7 Å². The van der Waals surface area contributed by atoms with Crippen LogP contribution in [-0.2, 0) is 32.7 Å². The number of hydrogen-bond acceptors (Lipinski definition) is 4. The normalized spacial score (nSPS) is 12.8. The van der Waals surface area contributed by atoms with Gasteiger partial charge in [0.15, 0.2) is 0 Å². The van der Waals surface area contributed by atoms with Crippen LogP contribution in [0.3, 0.4) is 0 Å². The molecular formula is C19H23NO4S. The Morgan fingerprint density at radius 3 is 2.08 bits per heavy atom. The Balaban J connectivity index is 1.89. The molecule has 0 amide bonds. The molecule has 0 heterocycles. The molecule has 0 aliphatic heterocycles. The lowest BCUT2D eigenvalue weighted by Gasteiger charge is -2.21. The SMILES string of the molecule is CC(CC(=O)OCc1ccccc1)S(=O)(=O)N(C)Cc1ccccc1. The number of sulfonamides is 1. The van der Waals surface area contributed by atoms with Crippen molar-refractivity contribution in [2.75, 3.05) is 7.05 Å². The number of rotatable bonds is 8. The molecule has 0 radical (unpaired) electrons. The minimum Gasteiger partial charge on any atom is -0.461 e. The van der Waals surface area contributed by atoms with Gasteiger partial charge in [-0.05, 0) is 18.1 Å². The minimum absolute atomic E-state index is 0.145. The summed E-state index contributed by atoms with van der Waals surface area (Å²) in [7, 11) is -2.06. The molecular weight excluding hydrogens is 338 g/mol. The molecule has 0 aromatic heterocycles. The van der Waals surface area contributed by atoms with Gasteiger partial charge in [0.05, 0.1) is 11.7 Å². The third-order valence-corrected chi connectivity index (χ3v) is 6.07. The zero-order valence-corrected chi connectivity index (χ0v) is 15.3. The highest BCUT2D eigenvalue weighted by Crippen LogP contribution is 2.15. The van der Waals surface area contributed by atoms with Crippen LogP contribution in [0.5, 0.6) is 0 Å². The van der Waals surface area contributed by atoms with Gasteiger partial charge >= 0.3 is 5.97 Å². The summed E-state index contributed by atoms with van der Waals surface area (Å²) in [5, 5.41) is -0.843. The highest BCUT2D eigenvalue weighted by Gasteiger charge is 2.28. The number of esters is 1. The molecule has 2 rings (SSSR count). The quantitative estimate of drug-likeness (QED) is 0.678. The Morgan fingerprint density at radius 2 is 1.52 bits per heavy atom. The van der Waals surface area contributed by atoms with Gasteiger partial charge in [0, 0.05) is 13.6 Å². The van der Waals surface area contributed by atoms with Crippen LogP contribution in [0.25, 0.3) is 0 Å². The Bertz CT molecular complexity index is 776. The number of carbonyl (C=O) groups is 1. The Hall–Kier alpha value is -2.18. The first-order valence-electron chi connectivity index (χ1n) is 8.08. The van der Waals surface area contributed by atoms with Crippen LogP contribution in [0.1, 0.15) is 24.5 Å². The second kappa shape index (κ2) is 8.78. The maximum atomic E-state index is 12.6. The van der Waals surface area contributed by atoms with Crippen LogP contribution in [0.2, 0.25) is 0 Å². The first kappa shape index (κ1) is 19.1. The molecule has 5 nitrogen and oxygen atoms in total. The molecule has 1 atom stereocenters. The smallest absolute Gasteiger partial charge is 0.307 e. The van der Waals surface area contributed by atoms with Crippen molar-refractivity contribution in [1.82, 2.24) is 4.31 Å². The highest BCUT2D eigenvalue weighted by molar-refractivity contribution is 7.89. The van der Waals surface area contributed by atoms with E-state index in [0.717, 1.165) is 11.1 Å². The van der Waals surface area contributed by atoms with Crippen LogP contribution in [-0.4, -0.2) is 31.0 Å². The molecule has 0 saturated heterocycles. The van der Waals surface area contributed by atoms with Gasteiger partial charge < -0.3 is 4.74 Å². The van der Waals surface area contributed by atoms with Crippen LogP contribution >= 0.6 is 0 Å². The Labute approximate surface area is 149 Å². The molecule has 1 unspecified atom stereocenters. The summed E-state index contributed by atoms with van der Waals surface area (Å²) in [5.74, 6) is -0.520. The van der Waals surface area contributed by atoms with E-state index in [1.54, 1.807) is 0 Å². The van der Waals surface area contributed by atoms with Crippen molar-refractivity contribution in [3.8, 4) is 0 Å².